The molecule has 93 heavy (non-hydrogen) atoms. The van der Waals surface area contributed by atoms with Gasteiger partial charge in [0, 0.05) is 71.1 Å². The Balaban J connectivity index is 0.000000153. The zero-order valence-corrected chi connectivity index (χ0v) is 50.7. The number of ether oxygens (including phenoxy) is 6. The Morgan fingerprint density at radius 2 is 0.763 bits per heavy atom. The average Bonchev–Trinajstić information content (AvgIpc) is 1.66. The van der Waals surface area contributed by atoms with Gasteiger partial charge in [-0.2, -0.15) is 42.1 Å². The van der Waals surface area contributed by atoms with Crippen molar-refractivity contribution in [2.45, 2.75) is 98.3 Å². The Hall–Kier alpha value is -10.8. The fourth-order valence-corrected chi connectivity index (χ4v) is 10.9. The molecule has 0 aliphatic heterocycles. The van der Waals surface area contributed by atoms with Crippen molar-refractivity contribution in [1.82, 2.24) is 13.7 Å². The Kier molecular flexibility index (Phi) is 20.6. The van der Waals surface area contributed by atoms with Crippen LogP contribution in [0.3, 0.4) is 0 Å². The number of halogens is 6. The van der Waals surface area contributed by atoms with E-state index in [-0.39, 0.29) is 23.9 Å². The molecule has 0 unspecified atom stereocenters. The number of carbonyl (C=O) groups is 3. The fraction of sp³-hybridized carbons (Fsp3) is 0.304. The van der Waals surface area contributed by atoms with Gasteiger partial charge >= 0.3 is 38.1 Å². The van der Waals surface area contributed by atoms with Crippen LogP contribution in [0.2, 0.25) is 0 Å². The molecule has 0 spiro atoms. The highest BCUT2D eigenvalue weighted by atomic mass is 19.3. The average molecular weight is 1280 g/mol. The first kappa shape index (κ1) is 65.2. The summed E-state index contributed by atoms with van der Waals surface area (Å²) in [6.45, 7) is -2.43. The van der Waals surface area contributed by atoms with Crippen molar-refractivity contribution in [1.29, 1.82) is 15.8 Å². The second-order valence-corrected chi connectivity index (χ2v) is 22.3. The van der Waals surface area contributed by atoms with Crippen LogP contribution >= 0.6 is 0 Å². The van der Waals surface area contributed by atoms with E-state index in [9.17, 15) is 56.5 Å². The maximum Gasteiger partial charge on any atom is 0.411 e. The summed E-state index contributed by atoms with van der Waals surface area (Å²) in [7, 11) is 1.28. The SMILES string of the molecule is CCCOC(=O)Nc1ccc(-c2c(C#N)c3ccc(OC(F)F)cc3n2CC2CC2)cc1.CCOC(=O)Nc1ccc(-c2c(C#N)c3ccc(OC(F)F)cc3n2CC2CC2)cc1.COC(=O)Nc1ccc(-c2c(C#N)c3ccc(OC(F)F)cc3n2CC2CC2)cc1. The number of alkyl halides is 6. The minimum absolute atomic E-state index is 0.0562. The molecule has 3 aromatic heterocycles. The summed E-state index contributed by atoms with van der Waals surface area (Å²) in [5.41, 5.74) is 9.73. The number of hydrogen-bond donors (Lipinski definition) is 3. The van der Waals surface area contributed by atoms with E-state index >= 15 is 0 Å². The number of fused-ring (bicyclic) bond motifs is 3. The second kappa shape index (κ2) is 29.4. The summed E-state index contributed by atoms with van der Waals surface area (Å²) >= 11 is 0. The zero-order chi connectivity index (χ0) is 65.9. The molecule has 3 amide bonds. The molecule has 3 heterocycles. The van der Waals surface area contributed by atoms with E-state index in [2.05, 4.69) is 53.1 Å². The van der Waals surface area contributed by atoms with Gasteiger partial charge in [0.2, 0.25) is 0 Å². The van der Waals surface area contributed by atoms with Gasteiger partial charge in [0.25, 0.3) is 0 Å². The Morgan fingerprint density at radius 1 is 0.462 bits per heavy atom. The van der Waals surface area contributed by atoms with Crippen LogP contribution in [0.25, 0.3) is 66.5 Å². The number of nitriles is 3. The number of nitrogens with zero attached hydrogens (tertiary/aromatic N) is 6. The van der Waals surface area contributed by atoms with E-state index in [0.717, 1.165) is 78.7 Å². The first-order chi connectivity index (χ1) is 45.0. The van der Waals surface area contributed by atoms with E-state index in [1.165, 1.54) is 25.3 Å². The van der Waals surface area contributed by atoms with Crippen LogP contribution in [0.1, 0.15) is 75.5 Å². The number of aromatic nitrogens is 3. The number of methoxy groups -OCH3 is 1. The van der Waals surface area contributed by atoms with Crippen LogP contribution in [-0.4, -0.2) is 72.1 Å². The van der Waals surface area contributed by atoms with Gasteiger partial charge in [0.1, 0.15) is 35.5 Å². The van der Waals surface area contributed by atoms with Crippen molar-refractivity contribution in [3.63, 3.8) is 0 Å². The third-order valence-corrected chi connectivity index (χ3v) is 15.6. The monoisotopic (exact) mass is 1280 g/mol. The van der Waals surface area contributed by atoms with Crippen molar-refractivity contribution in [3.8, 4) is 69.2 Å². The van der Waals surface area contributed by atoms with Crippen molar-refractivity contribution in [2.75, 3.05) is 36.3 Å². The molecular weight excluding hydrogens is 1210 g/mol. The Labute approximate surface area is 530 Å². The number of hydrogen-bond acceptors (Lipinski definition) is 12. The lowest BCUT2D eigenvalue weighted by molar-refractivity contribution is -0.0504. The summed E-state index contributed by atoms with van der Waals surface area (Å²) in [5.74, 6) is 1.65. The van der Waals surface area contributed by atoms with Gasteiger partial charge in [-0.05, 0) is 159 Å². The van der Waals surface area contributed by atoms with E-state index < -0.39 is 38.1 Å². The van der Waals surface area contributed by atoms with E-state index in [1.54, 1.807) is 91.9 Å². The zero-order valence-electron chi connectivity index (χ0n) is 50.7. The Bertz CT molecular complexity index is 4310. The maximum atomic E-state index is 12.7. The van der Waals surface area contributed by atoms with Gasteiger partial charge in [-0.1, -0.05) is 43.3 Å². The third kappa shape index (κ3) is 16.0. The summed E-state index contributed by atoms with van der Waals surface area (Å²) in [5, 5.41) is 39.7. The number of nitrogens with one attached hydrogen (secondary N) is 3. The third-order valence-electron chi connectivity index (χ3n) is 15.6. The highest BCUT2D eigenvalue weighted by molar-refractivity contribution is 5.98. The van der Waals surface area contributed by atoms with Crippen molar-refractivity contribution in [3.05, 3.63) is 144 Å². The van der Waals surface area contributed by atoms with Gasteiger partial charge in [-0.3, -0.25) is 16.0 Å². The van der Waals surface area contributed by atoms with Crippen molar-refractivity contribution < 1.29 is 69.1 Å². The lowest BCUT2D eigenvalue weighted by Crippen LogP contribution is -2.13. The molecule has 480 valence electrons. The van der Waals surface area contributed by atoms with Crippen LogP contribution in [0.5, 0.6) is 17.2 Å². The summed E-state index contributed by atoms with van der Waals surface area (Å²) in [6.07, 6.45) is 5.66. The largest absolute Gasteiger partial charge is 0.453 e. The molecule has 18 nitrogen and oxygen atoms in total. The molecule has 0 atom stereocenters. The minimum atomic E-state index is -2.92. The maximum absolute atomic E-state index is 12.7. The number of carbonyl (C=O) groups excluding carboxylic acids is 3. The van der Waals surface area contributed by atoms with Crippen LogP contribution in [0.15, 0.2) is 127 Å². The van der Waals surface area contributed by atoms with Crippen LogP contribution in [-0.2, 0) is 33.8 Å². The molecular formula is C69H63F6N9O9. The molecule has 0 radical (unpaired) electrons. The molecule has 0 bridgehead atoms. The van der Waals surface area contributed by atoms with Crippen LogP contribution < -0.4 is 30.2 Å². The van der Waals surface area contributed by atoms with Crippen LogP contribution in [0.4, 0.5) is 57.8 Å². The lowest BCUT2D eigenvalue weighted by Gasteiger charge is -2.12. The van der Waals surface area contributed by atoms with Crippen molar-refractivity contribution >= 4 is 68.1 Å². The molecule has 24 heteroatoms. The Morgan fingerprint density at radius 3 is 1.02 bits per heavy atom. The summed E-state index contributed by atoms with van der Waals surface area (Å²) in [4.78, 5) is 34.8. The van der Waals surface area contributed by atoms with Gasteiger partial charge in [-0.15, -0.1) is 0 Å². The van der Waals surface area contributed by atoms with Crippen LogP contribution in [0, 0.1) is 51.7 Å². The highest BCUT2D eigenvalue weighted by Crippen LogP contribution is 2.44. The van der Waals surface area contributed by atoms with Gasteiger partial charge in [0.15, 0.2) is 0 Å². The van der Waals surface area contributed by atoms with Crippen molar-refractivity contribution in [2.24, 2.45) is 17.8 Å². The summed E-state index contributed by atoms with van der Waals surface area (Å²) in [6, 6.07) is 42.1. The van der Waals surface area contributed by atoms with E-state index in [4.69, 9.17) is 9.47 Å². The standard InChI is InChI=1S/C24H23F2N3O3.C23H21F2N3O3.C22H19F2N3O3/c1-2-11-31-24(30)28-17-7-5-16(6-8-17)22-20(13-27)19-10-9-18(32-23(25)26)12-21(19)29(22)14-15-3-4-15;1-2-30-23(29)27-16-7-5-15(6-8-16)21-19(12-26)18-10-9-17(31-22(24)25)11-20(18)28(21)13-14-3-4-14;1-29-22(28)26-15-6-4-14(5-7-15)20-18(11-25)17-9-8-16(30-21(23)24)10-19(17)27(20)12-13-2-3-13/h5-10,12,15,23H,2-4,11,14H2,1H3,(H,28,30);5-11,14,22H,2-4,13H2,1H3,(H,27,29);4-10,13,21H,2-3,12H2,1H3,(H,26,28). The van der Waals surface area contributed by atoms with E-state index in [1.807, 2.05) is 44.9 Å². The smallest absolute Gasteiger partial charge is 0.411 e. The molecule has 9 aromatic rings. The molecule has 3 saturated carbocycles. The lowest BCUT2D eigenvalue weighted by atomic mass is 10.1. The number of amides is 3. The fourth-order valence-electron chi connectivity index (χ4n) is 10.9. The number of benzene rings is 6. The van der Waals surface area contributed by atoms with Gasteiger partial charge in [-0.25, -0.2) is 14.4 Å². The predicted molar refractivity (Wildman–Crippen MR) is 336 cm³/mol. The molecule has 3 aliphatic rings. The molecule has 3 aliphatic carbocycles. The van der Waals surface area contributed by atoms with Gasteiger partial charge < -0.3 is 42.1 Å². The minimum Gasteiger partial charge on any atom is -0.453 e. The normalized spacial score (nSPS) is 13.3. The first-order valence-corrected chi connectivity index (χ1v) is 30.1. The molecule has 3 N–H and O–H groups in total. The molecule has 12 rings (SSSR count). The topological polar surface area (TPSA) is 229 Å². The second-order valence-electron chi connectivity index (χ2n) is 22.3. The van der Waals surface area contributed by atoms with E-state index in [0.29, 0.717) is 110 Å². The number of rotatable bonds is 21. The molecule has 6 aromatic carbocycles. The van der Waals surface area contributed by atoms with Gasteiger partial charge in [0.05, 0.1) is 70.6 Å². The number of anilines is 3. The highest BCUT2D eigenvalue weighted by Gasteiger charge is 2.30. The predicted octanol–water partition coefficient (Wildman–Crippen LogP) is 17.3. The molecule has 3 fully saturated rings. The summed E-state index contributed by atoms with van der Waals surface area (Å²) < 4.78 is 111. The molecule has 0 saturated heterocycles. The quantitative estimate of drug-likeness (QED) is 0.0451. The first-order valence-electron chi connectivity index (χ1n) is 30.1.